The third kappa shape index (κ3) is 2.25. The average Bonchev–Trinajstić information content (AvgIpc) is 2.20. The molecule has 0 saturated heterocycles. The molecular weight excluding hydrogens is 176 g/mol. The highest BCUT2D eigenvalue weighted by Gasteiger charge is 2.25. The zero-order valence-corrected chi connectivity index (χ0v) is 9.17. The zero-order chi connectivity index (χ0) is 10.6. The fourth-order valence-electron chi connectivity index (χ4n) is 1.67. The Kier molecular flexibility index (Phi) is 3.93. The maximum Gasteiger partial charge on any atom is 0.169 e. The molecule has 14 heavy (non-hydrogen) atoms. The number of Topliss-reactive ketones (excluding diaryl/α,β-unsaturated/α-hetero) is 1. The molecule has 0 radical (unpaired) electrons. The first-order valence-corrected chi connectivity index (χ1v) is 5.37. The standard InChI is InChI=1S/C10H12O2.C2H6/c1-7-6-9(11)8-4-2-3-5-10(8)12-7;1-2/h2,4,7H,3,5-6H2,1H3;1-2H3. The Bertz CT molecular complexity index is 274. The average molecular weight is 194 g/mol. The highest BCUT2D eigenvalue weighted by Crippen LogP contribution is 2.28. The first-order chi connectivity index (χ1) is 6.77. The summed E-state index contributed by atoms with van der Waals surface area (Å²) >= 11 is 0. The Morgan fingerprint density at radius 1 is 1.43 bits per heavy atom. The van der Waals surface area contributed by atoms with Crippen molar-refractivity contribution in [2.75, 3.05) is 0 Å². The minimum Gasteiger partial charge on any atom is -0.494 e. The van der Waals surface area contributed by atoms with E-state index in [1.54, 1.807) is 0 Å². The Hall–Kier alpha value is -1.05. The maximum atomic E-state index is 11.4. The Labute approximate surface area is 85.6 Å². The summed E-state index contributed by atoms with van der Waals surface area (Å²) in [5, 5.41) is 0. The molecule has 2 heteroatoms. The molecule has 0 bridgehead atoms. The molecule has 2 nitrogen and oxygen atoms in total. The SMILES string of the molecule is CC.CC1CC(=O)C2=C(CCC=C2)O1. The fourth-order valence-corrected chi connectivity index (χ4v) is 1.67. The third-order valence-electron chi connectivity index (χ3n) is 2.24. The number of carbonyl (C=O) groups excluding carboxylic acids is 1. The van der Waals surface area contributed by atoms with Crippen LogP contribution in [0.5, 0.6) is 0 Å². The van der Waals surface area contributed by atoms with Gasteiger partial charge in [-0.05, 0) is 13.3 Å². The van der Waals surface area contributed by atoms with Crippen molar-refractivity contribution in [2.45, 2.75) is 46.1 Å². The summed E-state index contributed by atoms with van der Waals surface area (Å²) in [6.45, 7) is 5.94. The van der Waals surface area contributed by atoms with Crippen molar-refractivity contribution in [3.8, 4) is 0 Å². The fraction of sp³-hybridized carbons (Fsp3) is 0.583. The van der Waals surface area contributed by atoms with Crippen LogP contribution in [0.2, 0.25) is 0 Å². The van der Waals surface area contributed by atoms with Gasteiger partial charge >= 0.3 is 0 Å². The summed E-state index contributed by atoms with van der Waals surface area (Å²) < 4.78 is 5.57. The molecule has 1 heterocycles. The smallest absolute Gasteiger partial charge is 0.169 e. The van der Waals surface area contributed by atoms with Crippen molar-refractivity contribution < 1.29 is 9.53 Å². The van der Waals surface area contributed by atoms with Gasteiger partial charge in [0.2, 0.25) is 0 Å². The molecule has 0 aromatic heterocycles. The molecule has 1 atom stereocenters. The molecule has 1 unspecified atom stereocenters. The van der Waals surface area contributed by atoms with E-state index in [2.05, 4.69) is 0 Å². The van der Waals surface area contributed by atoms with E-state index in [0.717, 1.165) is 24.2 Å². The topological polar surface area (TPSA) is 26.3 Å². The van der Waals surface area contributed by atoms with Gasteiger partial charge < -0.3 is 4.74 Å². The number of allylic oxidation sites excluding steroid dienone is 4. The second kappa shape index (κ2) is 4.99. The lowest BCUT2D eigenvalue weighted by Crippen LogP contribution is -2.23. The molecule has 0 fully saturated rings. The van der Waals surface area contributed by atoms with Gasteiger partial charge in [-0.15, -0.1) is 0 Å². The molecule has 0 aromatic rings. The second-order valence-electron chi connectivity index (χ2n) is 3.33. The van der Waals surface area contributed by atoms with Crippen LogP contribution in [0.15, 0.2) is 23.5 Å². The van der Waals surface area contributed by atoms with Gasteiger partial charge in [-0.25, -0.2) is 0 Å². The van der Waals surface area contributed by atoms with Crippen LogP contribution in [0.3, 0.4) is 0 Å². The minimum absolute atomic E-state index is 0.0720. The monoisotopic (exact) mass is 194 g/mol. The lowest BCUT2D eigenvalue weighted by atomic mass is 9.95. The summed E-state index contributed by atoms with van der Waals surface area (Å²) in [6.07, 6.45) is 6.43. The molecule has 0 N–H and O–H groups in total. The number of rotatable bonds is 0. The molecule has 1 aliphatic heterocycles. The van der Waals surface area contributed by atoms with Crippen molar-refractivity contribution in [3.05, 3.63) is 23.5 Å². The summed E-state index contributed by atoms with van der Waals surface area (Å²) in [5.74, 6) is 1.14. The number of carbonyl (C=O) groups is 1. The van der Waals surface area contributed by atoms with E-state index in [9.17, 15) is 4.79 Å². The molecule has 2 rings (SSSR count). The van der Waals surface area contributed by atoms with Gasteiger partial charge in [0.05, 0.1) is 5.57 Å². The second-order valence-corrected chi connectivity index (χ2v) is 3.33. The lowest BCUT2D eigenvalue weighted by molar-refractivity contribution is -0.119. The molecule has 2 aliphatic rings. The van der Waals surface area contributed by atoms with Gasteiger partial charge in [0, 0.05) is 12.8 Å². The van der Waals surface area contributed by atoms with Gasteiger partial charge in [0.15, 0.2) is 5.78 Å². The predicted octanol–water partition coefficient (Wildman–Crippen LogP) is 2.99. The van der Waals surface area contributed by atoms with E-state index >= 15 is 0 Å². The highest BCUT2D eigenvalue weighted by molar-refractivity contribution is 5.99. The van der Waals surface area contributed by atoms with Crippen LogP contribution < -0.4 is 0 Å². The normalized spacial score (nSPS) is 24.8. The quantitative estimate of drug-likeness (QED) is 0.592. The van der Waals surface area contributed by atoms with Crippen LogP contribution in [-0.2, 0) is 9.53 Å². The largest absolute Gasteiger partial charge is 0.494 e. The van der Waals surface area contributed by atoms with Crippen molar-refractivity contribution in [3.63, 3.8) is 0 Å². The van der Waals surface area contributed by atoms with Gasteiger partial charge in [-0.3, -0.25) is 4.79 Å². The number of hydrogen-bond acceptors (Lipinski definition) is 2. The van der Waals surface area contributed by atoms with Crippen LogP contribution in [0.1, 0.15) is 40.0 Å². The van der Waals surface area contributed by atoms with E-state index in [0.29, 0.717) is 6.42 Å². The van der Waals surface area contributed by atoms with E-state index in [1.165, 1.54) is 0 Å². The van der Waals surface area contributed by atoms with Gasteiger partial charge in [0.25, 0.3) is 0 Å². The summed E-state index contributed by atoms with van der Waals surface area (Å²) in [4.78, 5) is 11.4. The molecule has 1 aliphatic carbocycles. The van der Waals surface area contributed by atoms with Gasteiger partial charge in [-0.2, -0.15) is 0 Å². The molecule has 0 aromatic carbocycles. The first kappa shape index (κ1) is 11.0. The number of ketones is 1. The van der Waals surface area contributed by atoms with Crippen LogP contribution in [-0.4, -0.2) is 11.9 Å². The number of hydrogen-bond donors (Lipinski definition) is 0. The van der Waals surface area contributed by atoms with Crippen LogP contribution in [0, 0.1) is 0 Å². The highest BCUT2D eigenvalue weighted by atomic mass is 16.5. The van der Waals surface area contributed by atoms with Crippen molar-refractivity contribution in [1.29, 1.82) is 0 Å². The summed E-state index contributed by atoms with van der Waals surface area (Å²) in [6, 6.07) is 0. The lowest BCUT2D eigenvalue weighted by Gasteiger charge is -2.25. The maximum absolute atomic E-state index is 11.4. The molecule has 0 amide bonds. The minimum atomic E-state index is 0.0720. The Balaban J connectivity index is 0.000000461. The molecule has 78 valence electrons. The molecule has 0 saturated carbocycles. The molecule has 0 spiro atoms. The van der Waals surface area contributed by atoms with Crippen molar-refractivity contribution in [2.24, 2.45) is 0 Å². The first-order valence-electron chi connectivity index (χ1n) is 5.37. The number of ether oxygens (including phenoxy) is 1. The van der Waals surface area contributed by atoms with Crippen molar-refractivity contribution >= 4 is 5.78 Å². The van der Waals surface area contributed by atoms with E-state index in [-0.39, 0.29) is 11.9 Å². The summed E-state index contributed by atoms with van der Waals surface area (Å²) in [5.41, 5.74) is 0.805. The van der Waals surface area contributed by atoms with Gasteiger partial charge in [-0.1, -0.05) is 26.0 Å². The van der Waals surface area contributed by atoms with E-state index in [1.807, 2.05) is 32.9 Å². The Morgan fingerprint density at radius 2 is 2.14 bits per heavy atom. The van der Waals surface area contributed by atoms with Gasteiger partial charge in [0.1, 0.15) is 11.9 Å². The van der Waals surface area contributed by atoms with E-state index in [4.69, 9.17) is 4.74 Å². The summed E-state index contributed by atoms with van der Waals surface area (Å²) in [7, 11) is 0. The Morgan fingerprint density at radius 3 is 2.86 bits per heavy atom. The van der Waals surface area contributed by atoms with E-state index < -0.39 is 0 Å². The predicted molar refractivity (Wildman–Crippen MR) is 56.9 cm³/mol. The molecular formula is C12H18O2. The third-order valence-corrected chi connectivity index (χ3v) is 2.24. The van der Waals surface area contributed by atoms with Crippen LogP contribution in [0.25, 0.3) is 0 Å². The van der Waals surface area contributed by atoms with Crippen molar-refractivity contribution in [1.82, 2.24) is 0 Å². The van der Waals surface area contributed by atoms with Crippen LogP contribution in [0.4, 0.5) is 0 Å². The van der Waals surface area contributed by atoms with Crippen LogP contribution >= 0.6 is 0 Å². The zero-order valence-electron chi connectivity index (χ0n) is 9.17.